The fraction of sp³-hybridized carbons (Fsp3) is 0.111. The van der Waals surface area contributed by atoms with E-state index < -0.39 is 17.8 Å². The lowest BCUT2D eigenvalue weighted by molar-refractivity contribution is -0.136. The summed E-state index contributed by atoms with van der Waals surface area (Å²) in [6, 6.07) is 12.9. The van der Waals surface area contributed by atoms with E-state index in [1.807, 2.05) is 0 Å². The number of ether oxygens (including phenoxy) is 2. The molecule has 0 radical (unpaired) electrons. The highest BCUT2D eigenvalue weighted by Crippen LogP contribution is 2.11. The molecule has 0 unspecified atom stereocenters. The quantitative estimate of drug-likeness (QED) is 0.366. The van der Waals surface area contributed by atoms with Crippen molar-refractivity contribution in [2.45, 2.75) is 0 Å². The fourth-order valence-corrected chi connectivity index (χ4v) is 1.90. The molecule has 8 heteroatoms. The first-order chi connectivity index (χ1) is 12.5. The topological polar surface area (TPSA) is 106 Å². The molecule has 2 aromatic rings. The van der Waals surface area contributed by atoms with Crippen LogP contribution in [-0.4, -0.2) is 38.2 Å². The SMILES string of the molecule is COC(=O)c1ccc(NC(=O)C(=O)N/N=C/c2ccc(OC)cc2)cc1. The number of amides is 2. The molecule has 0 spiro atoms. The molecule has 0 aromatic heterocycles. The first kappa shape index (κ1) is 18.7. The molecule has 2 aromatic carbocycles. The summed E-state index contributed by atoms with van der Waals surface area (Å²) in [5.41, 5.74) is 3.55. The molecule has 0 aliphatic heterocycles. The van der Waals surface area contributed by atoms with E-state index >= 15 is 0 Å². The molecule has 8 nitrogen and oxygen atoms in total. The largest absolute Gasteiger partial charge is 0.497 e. The van der Waals surface area contributed by atoms with E-state index in [1.54, 1.807) is 31.4 Å². The van der Waals surface area contributed by atoms with Crippen molar-refractivity contribution < 1.29 is 23.9 Å². The van der Waals surface area contributed by atoms with E-state index in [0.717, 1.165) is 5.56 Å². The van der Waals surface area contributed by atoms with E-state index in [9.17, 15) is 14.4 Å². The summed E-state index contributed by atoms with van der Waals surface area (Å²) in [4.78, 5) is 34.9. The predicted molar refractivity (Wildman–Crippen MR) is 95.1 cm³/mol. The fourth-order valence-electron chi connectivity index (χ4n) is 1.90. The minimum absolute atomic E-state index is 0.332. The molecular weight excluding hydrogens is 338 g/mol. The zero-order valence-electron chi connectivity index (χ0n) is 14.2. The highest BCUT2D eigenvalue weighted by molar-refractivity contribution is 6.39. The van der Waals surface area contributed by atoms with Gasteiger partial charge in [0.2, 0.25) is 0 Å². The van der Waals surface area contributed by atoms with Gasteiger partial charge in [-0.2, -0.15) is 5.10 Å². The van der Waals surface area contributed by atoms with Gasteiger partial charge in [-0.3, -0.25) is 9.59 Å². The number of benzene rings is 2. The Morgan fingerprint density at radius 3 is 2.15 bits per heavy atom. The van der Waals surface area contributed by atoms with E-state index in [2.05, 4.69) is 20.6 Å². The van der Waals surface area contributed by atoms with Crippen molar-refractivity contribution in [3.05, 3.63) is 59.7 Å². The van der Waals surface area contributed by atoms with Crippen molar-refractivity contribution in [1.29, 1.82) is 0 Å². The Bertz CT molecular complexity index is 814. The van der Waals surface area contributed by atoms with Crippen LogP contribution in [0.3, 0.4) is 0 Å². The Morgan fingerprint density at radius 1 is 0.923 bits per heavy atom. The van der Waals surface area contributed by atoms with Gasteiger partial charge in [0.05, 0.1) is 26.0 Å². The van der Waals surface area contributed by atoms with Crippen LogP contribution in [0.25, 0.3) is 0 Å². The van der Waals surface area contributed by atoms with E-state index in [-0.39, 0.29) is 0 Å². The van der Waals surface area contributed by atoms with Crippen molar-refractivity contribution in [3.63, 3.8) is 0 Å². The Balaban J connectivity index is 1.87. The number of hydrazone groups is 1. The lowest BCUT2D eigenvalue weighted by Crippen LogP contribution is -2.32. The monoisotopic (exact) mass is 355 g/mol. The highest BCUT2D eigenvalue weighted by atomic mass is 16.5. The highest BCUT2D eigenvalue weighted by Gasteiger charge is 2.13. The van der Waals surface area contributed by atoms with Crippen LogP contribution >= 0.6 is 0 Å². The predicted octanol–water partition coefficient (Wildman–Crippen LogP) is 1.57. The molecule has 0 fully saturated rings. The molecule has 0 aliphatic carbocycles. The van der Waals surface area contributed by atoms with Crippen molar-refractivity contribution in [3.8, 4) is 5.75 Å². The summed E-state index contributed by atoms with van der Waals surface area (Å²) in [5.74, 6) is -1.60. The first-order valence-corrected chi connectivity index (χ1v) is 7.50. The third kappa shape index (κ3) is 5.17. The number of carbonyl (C=O) groups excluding carboxylic acids is 3. The number of methoxy groups -OCH3 is 2. The Hall–Kier alpha value is -3.68. The van der Waals surface area contributed by atoms with Crippen molar-refractivity contribution >= 4 is 29.7 Å². The number of anilines is 1. The normalized spacial score (nSPS) is 10.2. The molecular formula is C18H17N3O5. The third-order valence-electron chi connectivity index (χ3n) is 3.27. The second kappa shape index (κ2) is 8.97. The maximum atomic E-state index is 11.8. The number of nitrogens with zero attached hydrogens (tertiary/aromatic N) is 1. The lowest BCUT2D eigenvalue weighted by Gasteiger charge is -2.05. The van der Waals surface area contributed by atoms with Crippen LogP contribution in [0, 0.1) is 0 Å². The third-order valence-corrected chi connectivity index (χ3v) is 3.27. The lowest BCUT2D eigenvalue weighted by atomic mass is 10.2. The van der Waals surface area contributed by atoms with Crippen molar-refractivity contribution in [1.82, 2.24) is 5.43 Å². The van der Waals surface area contributed by atoms with Crippen molar-refractivity contribution in [2.24, 2.45) is 5.10 Å². The summed E-state index contributed by atoms with van der Waals surface area (Å²) >= 11 is 0. The average molecular weight is 355 g/mol. The molecule has 134 valence electrons. The molecule has 26 heavy (non-hydrogen) atoms. The Kier molecular flexibility index (Phi) is 6.44. The van der Waals surface area contributed by atoms with Gasteiger partial charge in [-0.25, -0.2) is 10.2 Å². The van der Waals surface area contributed by atoms with E-state index in [0.29, 0.717) is 17.0 Å². The molecule has 0 aliphatic rings. The Labute approximate surface area is 149 Å². The van der Waals surface area contributed by atoms with Gasteiger partial charge in [0.1, 0.15) is 5.75 Å². The van der Waals surface area contributed by atoms with Crippen LogP contribution in [0.2, 0.25) is 0 Å². The molecule has 2 rings (SSSR count). The van der Waals surface area contributed by atoms with Crippen LogP contribution in [0.4, 0.5) is 5.69 Å². The van der Waals surface area contributed by atoms with Gasteiger partial charge in [0, 0.05) is 5.69 Å². The molecule has 0 saturated carbocycles. The molecule has 2 amide bonds. The summed E-state index contributed by atoms with van der Waals surface area (Å²) < 4.78 is 9.61. The Morgan fingerprint density at radius 2 is 1.58 bits per heavy atom. The summed E-state index contributed by atoms with van der Waals surface area (Å²) in [6.07, 6.45) is 1.40. The number of rotatable bonds is 5. The minimum Gasteiger partial charge on any atom is -0.497 e. The summed E-state index contributed by atoms with van der Waals surface area (Å²) in [7, 11) is 2.83. The summed E-state index contributed by atoms with van der Waals surface area (Å²) in [6.45, 7) is 0. The number of hydrogen-bond donors (Lipinski definition) is 2. The molecule has 0 atom stereocenters. The number of hydrogen-bond acceptors (Lipinski definition) is 6. The van der Waals surface area contributed by atoms with Crippen molar-refractivity contribution in [2.75, 3.05) is 19.5 Å². The summed E-state index contributed by atoms with van der Waals surface area (Å²) in [5, 5.41) is 6.12. The van der Waals surface area contributed by atoms with E-state index in [4.69, 9.17) is 4.74 Å². The molecule has 0 saturated heterocycles. The smallest absolute Gasteiger partial charge is 0.337 e. The van der Waals surface area contributed by atoms with Gasteiger partial charge < -0.3 is 14.8 Å². The van der Waals surface area contributed by atoms with Gasteiger partial charge in [0.15, 0.2) is 0 Å². The van der Waals surface area contributed by atoms with Crippen LogP contribution in [0.5, 0.6) is 5.75 Å². The number of esters is 1. The van der Waals surface area contributed by atoms with Crippen LogP contribution < -0.4 is 15.5 Å². The first-order valence-electron chi connectivity index (χ1n) is 7.50. The minimum atomic E-state index is -0.924. The maximum Gasteiger partial charge on any atom is 0.337 e. The van der Waals surface area contributed by atoms with Crippen LogP contribution in [0.1, 0.15) is 15.9 Å². The standard InChI is InChI=1S/C18H17N3O5/c1-25-15-9-3-12(4-10-15)11-19-21-17(23)16(22)20-14-7-5-13(6-8-14)18(24)26-2/h3-11H,1-2H3,(H,20,22)(H,21,23)/b19-11+. The molecule has 0 bridgehead atoms. The van der Waals surface area contributed by atoms with Gasteiger partial charge in [0.25, 0.3) is 0 Å². The second-order valence-corrected chi connectivity index (χ2v) is 5.00. The van der Waals surface area contributed by atoms with Gasteiger partial charge >= 0.3 is 17.8 Å². The second-order valence-electron chi connectivity index (χ2n) is 5.00. The molecule has 2 N–H and O–H groups in total. The van der Waals surface area contributed by atoms with E-state index in [1.165, 1.54) is 37.6 Å². The number of nitrogens with one attached hydrogen (secondary N) is 2. The maximum absolute atomic E-state index is 11.8. The zero-order chi connectivity index (χ0) is 18.9. The zero-order valence-corrected chi connectivity index (χ0v) is 14.2. The van der Waals surface area contributed by atoms with Crippen LogP contribution in [-0.2, 0) is 14.3 Å². The van der Waals surface area contributed by atoms with Gasteiger partial charge in [-0.1, -0.05) is 0 Å². The van der Waals surface area contributed by atoms with Gasteiger partial charge in [-0.15, -0.1) is 0 Å². The molecule has 0 heterocycles. The average Bonchev–Trinajstić information content (AvgIpc) is 2.68. The number of carbonyl (C=O) groups is 3. The van der Waals surface area contributed by atoms with Gasteiger partial charge in [-0.05, 0) is 54.1 Å². The van der Waals surface area contributed by atoms with Crippen LogP contribution in [0.15, 0.2) is 53.6 Å².